The Labute approximate surface area is 148 Å². The average Bonchev–Trinajstić information content (AvgIpc) is 2.66. The van der Waals surface area contributed by atoms with Gasteiger partial charge in [0, 0.05) is 13.1 Å². The number of nitrogens with one attached hydrogen (secondary N) is 2. The van der Waals surface area contributed by atoms with Crippen LogP contribution < -0.4 is 15.4 Å². The zero-order valence-electron chi connectivity index (χ0n) is 14.6. The smallest absolute Gasteiger partial charge is 0.309 e. The van der Waals surface area contributed by atoms with E-state index in [4.69, 9.17) is 4.74 Å². The summed E-state index contributed by atoms with van der Waals surface area (Å²) >= 11 is 0. The fourth-order valence-corrected chi connectivity index (χ4v) is 2.36. The highest BCUT2D eigenvalue weighted by Crippen LogP contribution is 2.13. The molecule has 0 aliphatic heterocycles. The molecule has 2 aromatic carbocycles. The number of ether oxygens (including phenoxy) is 1. The van der Waals surface area contributed by atoms with Gasteiger partial charge in [-0.05, 0) is 36.1 Å². The van der Waals surface area contributed by atoms with Crippen LogP contribution in [0.4, 0.5) is 0 Å². The van der Waals surface area contributed by atoms with Crippen LogP contribution in [0.2, 0.25) is 0 Å². The molecule has 0 heterocycles. The molecular formula is C20H24N2O3. The molecular weight excluding hydrogens is 316 g/mol. The maximum Gasteiger partial charge on any atom is 0.309 e. The first-order valence-electron chi connectivity index (χ1n) is 8.43. The zero-order chi connectivity index (χ0) is 18.1. The van der Waals surface area contributed by atoms with Crippen LogP contribution in [-0.4, -0.2) is 25.0 Å². The summed E-state index contributed by atoms with van der Waals surface area (Å²) in [6.45, 7) is 5.25. The second kappa shape index (κ2) is 9.47. The van der Waals surface area contributed by atoms with Crippen LogP contribution in [0.25, 0.3) is 0 Å². The zero-order valence-corrected chi connectivity index (χ0v) is 14.6. The van der Waals surface area contributed by atoms with Crippen molar-refractivity contribution in [3.05, 3.63) is 65.7 Å². The molecule has 0 radical (unpaired) electrons. The molecule has 0 bridgehead atoms. The predicted molar refractivity (Wildman–Crippen MR) is 97.3 cm³/mol. The Morgan fingerprint density at radius 2 is 1.60 bits per heavy atom. The maximum absolute atomic E-state index is 11.9. The normalized spacial score (nSPS) is 11.4. The molecule has 0 fully saturated rings. The molecule has 0 unspecified atom stereocenters. The number of benzene rings is 2. The van der Waals surface area contributed by atoms with Gasteiger partial charge < -0.3 is 15.4 Å². The van der Waals surface area contributed by atoms with Gasteiger partial charge in [-0.3, -0.25) is 9.59 Å². The van der Waals surface area contributed by atoms with Gasteiger partial charge in [0.25, 0.3) is 0 Å². The number of hydrogen-bond donors (Lipinski definition) is 2. The van der Waals surface area contributed by atoms with Crippen molar-refractivity contribution in [2.24, 2.45) is 0 Å². The van der Waals surface area contributed by atoms with Gasteiger partial charge in [0.15, 0.2) is 0 Å². The molecule has 132 valence electrons. The van der Waals surface area contributed by atoms with Crippen LogP contribution in [0.1, 0.15) is 30.9 Å². The first-order valence-corrected chi connectivity index (χ1v) is 8.43. The van der Waals surface area contributed by atoms with E-state index < -0.39 is 11.8 Å². The van der Waals surface area contributed by atoms with Gasteiger partial charge in [-0.25, -0.2) is 0 Å². The molecule has 2 amide bonds. The Morgan fingerprint density at radius 3 is 2.24 bits per heavy atom. The molecule has 1 atom stereocenters. The first-order chi connectivity index (χ1) is 12.1. The summed E-state index contributed by atoms with van der Waals surface area (Å²) in [4.78, 5) is 23.8. The average molecular weight is 340 g/mol. The lowest BCUT2D eigenvalue weighted by Gasteiger charge is -2.13. The van der Waals surface area contributed by atoms with Crippen molar-refractivity contribution < 1.29 is 14.3 Å². The summed E-state index contributed by atoms with van der Waals surface area (Å²) in [5, 5.41) is 5.29. The molecule has 0 aliphatic rings. The molecule has 5 nitrogen and oxygen atoms in total. The van der Waals surface area contributed by atoms with Gasteiger partial charge in [-0.1, -0.05) is 49.4 Å². The standard InChI is InChI=1S/C20H24N2O3/c1-3-25-18-11-9-16(10-12-18)14-22-20(24)19(23)21-13-15(2)17-7-5-4-6-8-17/h4-12,15H,3,13-14H2,1-2H3,(H,21,23)(H,22,24)/t15-/m0/s1. The number of amides is 2. The summed E-state index contributed by atoms with van der Waals surface area (Å²) in [6.07, 6.45) is 0. The van der Waals surface area contributed by atoms with Crippen molar-refractivity contribution in [3.8, 4) is 5.75 Å². The Morgan fingerprint density at radius 1 is 0.960 bits per heavy atom. The van der Waals surface area contributed by atoms with Crippen LogP contribution in [0, 0.1) is 0 Å². The summed E-state index contributed by atoms with van der Waals surface area (Å²) < 4.78 is 5.36. The number of hydrogen-bond acceptors (Lipinski definition) is 3. The topological polar surface area (TPSA) is 67.4 Å². The fourth-order valence-electron chi connectivity index (χ4n) is 2.36. The molecule has 2 rings (SSSR count). The van der Waals surface area contributed by atoms with E-state index in [1.165, 1.54) is 0 Å². The minimum atomic E-state index is -0.630. The van der Waals surface area contributed by atoms with Gasteiger partial charge in [-0.2, -0.15) is 0 Å². The highest BCUT2D eigenvalue weighted by molar-refractivity contribution is 6.35. The van der Waals surface area contributed by atoms with E-state index >= 15 is 0 Å². The lowest BCUT2D eigenvalue weighted by molar-refractivity contribution is -0.139. The van der Waals surface area contributed by atoms with E-state index in [2.05, 4.69) is 10.6 Å². The van der Waals surface area contributed by atoms with Crippen molar-refractivity contribution in [2.45, 2.75) is 26.3 Å². The Bertz CT molecular complexity index is 684. The lowest BCUT2D eigenvalue weighted by atomic mass is 10.0. The monoisotopic (exact) mass is 340 g/mol. The van der Waals surface area contributed by atoms with Gasteiger partial charge in [0.2, 0.25) is 0 Å². The first kappa shape index (κ1) is 18.5. The van der Waals surface area contributed by atoms with Gasteiger partial charge >= 0.3 is 11.8 Å². The molecule has 5 heteroatoms. The van der Waals surface area contributed by atoms with E-state index in [0.29, 0.717) is 19.7 Å². The Balaban J connectivity index is 1.75. The quantitative estimate of drug-likeness (QED) is 0.762. The highest BCUT2D eigenvalue weighted by Gasteiger charge is 2.14. The lowest BCUT2D eigenvalue weighted by Crippen LogP contribution is -2.40. The van der Waals surface area contributed by atoms with Gasteiger partial charge in [0.05, 0.1) is 6.61 Å². The van der Waals surface area contributed by atoms with Crippen LogP contribution in [0.3, 0.4) is 0 Å². The van der Waals surface area contributed by atoms with Crippen LogP contribution in [0.15, 0.2) is 54.6 Å². The highest BCUT2D eigenvalue weighted by atomic mass is 16.5. The maximum atomic E-state index is 11.9. The van der Waals surface area contributed by atoms with Crippen LogP contribution in [-0.2, 0) is 16.1 Å². The van der Waals surface area contributed by atoms with E-state index in [1.54, 1.807) is 0 Å². The number of carbonyl (C=O) groups is 2. The summed E-state index contributed by atoms with van der Waals surface area (Å²) in [5.74, 6) is -0.322. The van der Waals surface area contributed by atoms with E-state index in [9.17, 15) is 9.59 Å². The molecule has 0 saturated heterocycles. The Hall–Kier alpha value is -2.82. The van der Waals surface area contributed by atoms with Crippen LogP contribution >= 0.6 is 0 Å². The third kappa shape index (κ3) is 5.95. The molecule has 2 N–H and O–H groups in total. The van der Waals surface area contributed by atoms with Crippen molar-refractivity contribution in [1.29, 1.82) is 0 Å². The third-order valence-electron chi connectivity index (χ3n) is 3.83. The van der Waals surface area contributed by atoms with Gasteiger partial charge in [-0.15, -0.1) is 0 Å². The van der Waals surface area contributed by atoms with Crippen molar-refractivity contribution in [1.82, 2.24) is 10.6 Å². The second-order valence-electron chi connectivity index (χ2n) is 5.78. The molecule has 25 heavy (non-hydrogen) atoms. The van der Waals surface area contributed by atoms with Crippen molar-refractivity contribution in [2.75, 3.05) is 13.2 Å². The molecule has 2 aromatic rings. The minimum absolute atomic E-state index is 0.143. The van der Waals surface area contributed by atoms with E-state index in [0.717, 1.165) is 16.9 Å². The molecule has 0 aliphatic carbocycles. The van der Waals surface area contributed by atoms with Crippen molar-refractivity contribution in [3.63, 3.8) is 0 Å². The largest absolute Gasteiger partial charge is 0.494 e. The number of carbonyl (C=O) groups excluding carboxylic acids is 2. The van der Waals surface area contributed by atoms with Crippen molar-refractivity contribution >= 4 is 11.8 Å². The second-order valence-corrected chi connectivity index (χ2v) is 5.78. The molecule has 0 saturated carbocycles. The minimum Gasteiger partial charge on any atom is -0.494 e. The van der Waals surface area contributed by atoms with Crippen LogP contribution in [0.5, 0.6) is 5.75 Å². The third-order valence-corrected chi connectivity index (χ3v) is 3.83. The van der Waals surface area contributed by atoms with Gasteiger partial charge in [0.1, 0.15) is 5.75 Å². The summed E-state index contributed by atoms with van der Waals surface area (Å²) in [7, 11) is 0. The fraction of sp³-hybridized carbons (Fsp3) is 0.300. The summed E-state index contributed by atoms with van der Waals surface area (Å²) in [5.41, 5.74) is 2.03. The van der Waals surface area contributed by atoms with E-state index in [-0.39, 0.29) is 5.92 Å². The SMILES string of the molecule is CCOc1ccc(CNC(=O)C(=O)NC[C@H](C)c2ccccc2)cc1. The molecule has 0 spiro atoms. The summed E-state index contributed by atoms with van der Waals surface area (Å²) in [6, 6.07) is 17.3. The Kier molecular flexibility index (Phi) is 7.01. The van der Waals surface area contributed by atoms with E-state index in [1.807, 2.05) is 68.4 Å². The predicted octanol–water partition coefficient (Wildman–Crippen LogP) is 2.62. The number of rotatable bonds is 7. The molecule has 0 aromatic heterocycles.